The summed E-state index contributed by atoms with van der Waals surface area (Å²) in [6.45, 7) is 9.13. The molecule has 0 atom stereocenters. The molecule has 1 heterocycles. The normalized spacial score (nSPS) is 10.6. The predicted octanol–water partition coefficient (Wildman–Crippen LogP) is 2.57. The first kappa shape index (κ1) is 13.9. The van der Waals surface area contributed by atoms with E-state index in [4.69, 9.17) is 0 Å². The molecule has 0 spiro atoms. The molecule has 0 fully saturated rings. The van der Waals surface area contributed by atoms with Crippen LogP contribution in [0.25, 0.3) is 0 Å². The highest BCUT2D eigenvalue weighted by molar-refractivity contribution is 5.42. The van der Waals surface area contributed by atoms with Gasteiger partial charge in [0, 0.05) is 31.4 Å². The van der Waals surface area contributed by atoms with E-state index in [-0.39, 0.29) is 5.82 Å². The SMILES string of the molecule is CCCN(CC)c1nccc(CNCC)c1F. The van der Waals surface area contributed by atoms with Gasteiger partial charge in [-0.2, -0.15) is 0 Å². The molecule has 4 heteroatoms. The van der Waals surface area contributed by atoms with E-state index in [1.807, 2.05) is 18.7 Å². The van der Waals surface area contributed by atoms with Crippen LogP contribution in [0.15, 0.2) is 12.3 Å². The lowest BCUT2D eigenvalue weighted by Gasteiger charge is -2.22. The lowest BCUT2D eigenvalue weighted by atomic mass is 10.2. The second kappa shape index (κ2) is 7.22. The Morgan fingerprint density at radius 2 is 2.12 bits per heavy atom. The third kappa shape index (κ3) is 3.66. The standard InChI is InChI=1S/C13H22FN3/c1-4-9-17(6-3)13-12(14)11(7-8-16-13)10-15-5-2/h7-8,15H,4-6,9-10H2,1-3H3. The summed E-state index contributed by atoms with van der Waals surface area (Å²) in [5.41, 5.74) is 0.686. The van der Waals surface area contributed by atoms with Crippen LogP contribution in [0.2, 0.25) is 0 Å². The molecule has 0 aliphatic heterocycles. The van der Waals surface area contributed by atoms with Crippen LogP contribution in [-0.4, -0.2) is 24.6 Å². The summed E-state index contributed by atoms with van der Waals surface area (Å²) in [5, 5.41) is 3.14. The minimum Gasteiger partial charge on any atom is -0.354 e. The molecule has 3 nitrogen and oxygen atoms in total. The molecule has 0 unspecified atom stereocenters. The maximum atomic E-state index is 14.2. The molecule has 0 saturated heterocycles. The number of aromatic nitrogens is 1. The van der Waals surface area contributed by atoms with Crippen molar-refractivity contribution in [2.45, 2.75) is 33.7 Å². The molecule has 0 bridgehead atoms. The monoisotopic (exact) mass is 239 g/mol. The van der Waals surface area contributed by atoms with Crippen molar-refractivity contribution in [3.63, 3.8) is 0 Å². The fraction of sp³-hybridized carbons (Fsp3) is 0.615. The second-order valence-corrected chi connectivity index (χ2v) is 3.97. The second-order valence-electron chi connectivity index (χ2n) is 3.97. The third-order valence-corrected chi connectivity index (χ3v) is 2.69. The van der Waals surface area contributed by atoms with Gasteiger partial charge in [-0.05, 0) is 26.0 Å². The Labute approximate surface area is 103 Å². The molecule has 0 saturated carbocycles. The third-order valence-electron chi connectivity index (χ3n) is 2.69. The number of anilines is 1. The highest BCUT2D eigenvalue weighted by Gasteiger charge is 2.13. The van der Waals surface area contributed by atoms with E-state index in [1.165, 1.54) is 0 Å². The number of rotatable bonds is 7. The Bertz CT molecular complexity index is 341. The summed E-state index contributed by atoms with van der Waals surface area (Å²) in [6, 6.07) is 1.74. The van der Waals surface area contributed by atoms with Gasteiger partial charge in [-0.1, -0.05) is 13.8 Å². The molecule has 0 amide bonds. The van der Waals surface area contributed by atoms with Gasteiger partial charge in [0.1, 0.15) is 0 Å². The van der Waals surface area contributed by atoms with Crippen LogP contribution in [0.1, 0.15) is 32.8 Å². The van der Waals surface area contributed by atoms with Crippen LogP contribution in [0, 0.1) is 5.82 Å². The van der Waals surface area contributed by atoms with Crippen molar-refractivity contribution in [1.29, 1.82) is 0 Å². The number of pyridine rings is 1. The van der Waals surface area contributed by atoms with Crippen molar-refractivity contribution in [3.05, 3.63) is 23.6 Å². The Hall–Kier alpha value is -1.16. The van der Waals surface area contributed by atoms with Gasteiger partial charge < -0.3 is 10.2 Å². The number of nitrogens with zero attached hydrogens (tertiary/aromatic N) is 2. The molecule has 0 aliphatic carbocycles. The zero-order valence-electron chi connectivity index (χ0n) is 11.0. The molecule has 0 aromatic carbocycles. The zero-order chi connectivity index (χ0) is 12.7. The summed E-state index contributed by atoms with van der Waals surface area (Å²) in [5.74, 6) is 0.286. The first-order valence-electron chi connectivity index (χ1n) is 6.33. The van der Waals surface area contributed by atoms with Crippen molar-refractivity contribution >= 4 is 5.82 Å². The molecule has 17 heavy (non-hydrogen) atoms. The molecule has 0 radical (unpaired) electrons. The topological polar surface area (TPSA) is 28.2 Å². The Kier molecular flexibility index (Phi) is 5.91. The van der Waals surface area contributed by atoms with Gasteiger partial charge in [0.05, 0.1) is 0 Å². The molecule has 1 rings (SSSR count). The minimum atomic E-state index is -0.191. The summed E-state index contributed by atoms with van der Waals surface area (Å²) in [4.78, 5) is 6.14. The molecule has 1 aromatic heterocycles. The number of hydrogen-bond acceptors (Lipinski definition) is 3. The van der Waals surface area contributed by atoms with Crippen molar-refractivity contribution in [2.24, 2.45) is 0 Å². The number of halogens is 1. The Balaban J connectivity index is 2.91. The van der Waals surface area contributed by atoms with Crippen LogP contribution >= 0.6 is 0 Å². The first-order chi connectivity index (χ1) is 8.24. The fourth-order valence-corrected chi connectivity index (χ4v) is 1.77. The van der Waals surface area contributed by atoms with E-state index in [0.717, 1.165) is 26.1 Å². The van der Waals surface area contributed by atoms with E-state index in [0.29, 0.717) is 17.9 Å². The summed E-state index contributed by atoms with van der Waals surface area (Å²) >= 11 is 0. The van der Waals surface area contributed by atoms with E-state index < -0.39 is 0 Å². The highest BCUT2D eigenvalue weighted by Crippen LogP contribution is 2.19. The largest absolute Gasteiger partial charge is 0.354 e. The zero-order valence-corrected chi connectivity index (χ0v) is 11.0. The molecular formula is C13H22FN3. The van der Waals surface area contributed by atoms with Gasteiger partial charge in [0.25, 0.3) is 0 Å². The Morgan fingerprint density at radius 3 is 2.71 bits per heavy atom. The number of hydrogen-bond donors (Lipinski definition) is 1. The molecule has 96 valence electrons. The predicted molar refractivity (Wildman–Crippen MR) is 69.8 cm³/mol. The lowest BCUT2D eigenvalue weighted by Crippen LogP contribution is -2.26. The van der Waals surface area contributed by atoms with E-state index >= 15 is 0 Å². The van der Waals surface area contributed by atoms with Crippen LogP contribution in [0.4, 0.5) is 10.2 Å². The van der Waals surface area contributed by atoms with Gasteiger partial charge in [-0.3, -0.25) is 0 Å². The average molecular weight is 239 g/mol. The lowest BCUT2D eigenvalue weighted by molar-refractivity contribution is 0.579. The maximum Gasteiger partial charge on any atom is 0.170 e. The van der Waals surface area contributed by atoms with Crippen molar-refractivity contribution in [1.82, 2.24) is 10.3 Å². The minimum absolute atomic E-state index is 0.191. The van der Waals surface area contributed by atoms with Crippen LogP contribution < -0.4 is 10.2 Å². The molecule has 1 aromatic rings. The van der Waals surface area contributed by atoms with Gasteiger partial charge in [-0.15, -0.1) is 0 Å². The molecular weight excluding hydrogens is 217 g/mol. The highest BCUT2D eigenvalue weighted by atomic mass is 19.1. The van der Waals surface area contributed by atoms with Gasteiger partial charge in [0.2, 0.25) is 0 Å². The Morgan fingerprint density at radius 1 is 1.35 bits per heavy atom. The van der Waals surface area contributed by atoms with Crippen molar-refractivity contribution < 1.29 is 4.39 Å². The summed E-state index contributed by atoms with van der Waals surface area (Å²) in [7, 11) is 0. The van der Waals surface area contributed by atoms with Gasteiger partial charge >= 0.3 is 0 Å². The van der Waals surface area contributed by atoms with Crippen LogP contribution in [-0.2, 0) is 6.54 Å². The van der Waals surface area contributed by atoms with Crippen molar-refractivity contribution in [2.75, 3.05) is 24.5 Å². The van der Waals surface area contributed by atoms with E-state index in [9.17, 15) is 4.39 Å². The summed E-state index contributed by atoms with van der Waals surface area (Å²) in [6.07, 6.45) is 2.68. The van der Waals surface area contributed by atoms with Gasteiger partial charge in [0.15, 0.2) is 11.6 Å². The van der Waals surface area contributed by atoms with Crippen LogP contribution in [0.3, 0.4) is 0 Å². The fourth-order valence-electron chi connectivity index (χ4n) is 1.77. The van der Waals surface area contributed by atoms with Crippen LogP contribution in [0.5, 0.6) is 0 Å². The first-order valence-corrected chi connectivity index (χ1v) is 6.33. The average Bonchev–Trinajstić information content (AvgIpc) is 2.35. The maximum absolute atomic E-state index is 14.2. The molecule has 0 aliphatic rings. The van der Waals surface area contributed by atoms with Gasteiger partial charge in [-0.25, -0.2) is 9.37 Å². The van der Waals surface area contributed by atoms with E-state index in [1.54, 1.807) is 12.3 Å². The smallest absolute Gasteiger partial charge is 0.170 e. The van der Waals surface area contributed by atoms with Crippen molar-refractivity contribution in [3.8, 4) is 0 Å². The van der Waals surface area contributed by atoms with E-state index in [2.05, 4.69) is 17.2 Å². The number of nitrogens with one attached hydrogen (secondary N) is 1. The summed E-state index contributed by atoms with van der Waals surface area (Å²) < 4.78 is 14.2. The molecule has 1 N–H and O–H groups in total. The quantitative estimate of drug-likeness (QED) is 0.792.